The fourth-order valence-electron chi connectivity index (χ4n) is 2.81. The van der Waals surface area contributed by atoms with Crippen molar-refractivity contribution in [1.29, 1.82) is 0 Å². The summed E-state index contributed by atoms with van der Waals surface area (Å²) in [6, 6.07) is 5.01. The zero-order valence-electron chi connectivity index (χ0n) is 11.3. The van der Waals surface area contributed by atoms with Crippen LogP contribution in [0.4, 0.5) is 0 Å². The van der Waals surface area contributed by atoms with Crippen LogP contribution >= 0.6 is 0 Å². The summed E-state index contributed by atoms with van der Waals surface area (Å²) in [6.45, 7) is 2.60. The predicted octanol–water partition coefficient (Wildman–Crippen LogP) is 2.18. The van der Waals surface area contributed by atoms with Gasteiger partial charge < -0.3 is 0 Å². The zero-order chi connectivity index (χ0) is 14.2. The lowest BCUT2D eigenvalue weighted by atomic mass is 10.0. The van der Waals surface area contributed by atoms with E-state index in [1.165, 1.54) is 0 Å². The van der Waals surface area contributed by atoms with Crippen molar-refractivity contribution in [1.82, 2.24) is 14.6 Å². The van der Waals surface area contributed by atoms with E-state index in [1.807, 2.05) is 6.92 Å². The highest BCUT2D eigenvalue weighted by Crippen LogP contribution is 2.29. The number of hydrogen-bond donors (Lipinski definition) is 0. The molecule has 1 fully saturated rings. The molecule has 108 valence electrons. The smallest absolute Gasteiger partial charge is 0.243 e. The Kier molecular flexibility index (Phi) is 3.47. The third kappa shape index (κ3) is 2.10. The van der Waals surface area contributed by atoms with Crippen LogP contribution in [0.15, 0.2) is 27.7 Å². The molecule has 0 bridgehead atoms. The second kappa shape index (κ2) is 5.14. The second-order valence-electron chi connectivity index (χ2n) is 5.06. The van der Waals surface area contributed by atoms with Crippen molar-refractivity contribution < 1.29 is 13.0 Å². The molecule has 1 aliphatic heterocycles. The molecule has 0 saturated carbocycles. The number of rotatable bonds is 3. The Hall–Kier alpha value is -1.47. The lowest BCUT2D eigenvalue weighted by Gasteiger charge is -2.34. The Morgan fingerprint density at radius 2 is 2.20 bits per heavy atom. The second-order valence-corrected chi connectivity index (χ2v) is 6.92. The molecule has 2 heterocycles. The molecule has 1 atom stereocenters. The summed E-state index contributed by atoms with van der Waals surface area (Å²) in [5.41, 5.74) is 0.782. The molecule has 0 spiro atoms. The summed E-state index contributed by atoms with van der Waals surface area (Å²) in [4.78, 5) is 0.191. The zero-order valence-corrected chi connectivity index (χ0v) is 12.1. The monoisotopic (exact) mass is 295 g/mol. The lowest BCUT2D eigenvalue weighted by molar-refractivity contribution is 0.246. The van der Waals surface area contributed by atoms with Crippen molar-refractivity contribution in [2.45, 2.75) is 43.5 Å². The Labute approximate surface area is 117 Å². The normalized spacial score (nSPS) is 21.4. The molecule has 1 aromatic carbocycles. The first-order chi connectivity index (χ1) is 9.64. The fourth-order valence-corrected chi connectivity index (χ4v) is 4.72. The van der Waals surface area contributed by atoms with Crippen molar-refractivity contribution in [2.75, 3.05) is 6.54 Å². The van der Waals surface area contributed by atoms with E-state index in [4.69, 9.17) is 0 Å². The van der Waals surface area contributed by atoms with Crippen LogP contribution in [-0.4, -0.2) is 35.6 Å². The van der Waals surface area contributed by atoms with Crippen LogP contribution in [0.2, 0.25) is 0 Å². The van der Waals surface area contributed by atoms with Gasteiger partial charge in [0.2, 0.25) is 10.0 Å². The highest BCUT2D eigenvalue weighted by Gasteiger charge is 2.34. The number of hydrogen-bond acceptors (Lipinski definition) is 5. The largest absolute Gasteiger partial charge is 0.245 e. The van der Waals surface area contributed by atoms with Gasteiger partial charge in [-0.15, -0.1) is 0 Å². The maximum Gasteiger partial charge on any atom is 0.245 e. The fraction of sp³-hybridized carbons (Fsp3) is 0.538. The van der Waals surface area contributed by atoms with Crippen molar-refractivity contribution >= 4 is 21.1 Å². The minimum Gasteiger partial charge on any atom is -0.243 e. The van der Waals surface area contributed by atoms with E-state index in [1.54, 1.807) is 22.5 Å². The van der Waals surface area contributed by atoms with Crippen LogP contribution in [0.3, 0.4) is 0 Å². The highest BCUT2D eigenvalue weighted by molar-refractivity contribution is 7.89. The highest BCUT2D eigenvalue weighted by atomic mass is 32.2. The quantitative estimate of drug-likeness (QED) is 0.867. The number of aromatic nitrogens is 2. The van der Waals surface area contributed by atoms with E-state index < -0.39 is 10.0 Å². The Morgan fingerprint density at radius 3 is 3.00 bits per heavy atom. The Balaban J connectivity index is 2.09. The molecule has 1 saturated heterocycles. The predicted molar refractivity (Wildman–Crippen MR) is 73.6 cm³/mol. The van der Waals surface area contributed by atoms with Crippen LogP contribution in [-0.2, 0) is 10.0 Å². The Morgan fingerprint density at radius 1 is 1.35 bits per heavy atom. The maximum absolute atomic E-state index is 12.9. The summed E-state index contributed by atoms with van der Waals surface area (Å²) >= 11 is 0. The third-order valence-corrected chi connectivity index (χ3v) is 5.86. The van der Waals surface area contributed by atoms with E-state index in [2.05, 4.69) is 14.9 Å². The van der Waals surface area contributed by atoms with Gasteiger partial charge in [0.25, 0.3) is 0 Å². The van der Waals surface area contributed by atoms with E-state index >= 15 is 0 Å². The van der Waals surface area contributed by atoms with Gasteiger partial charge >= 0.3 is 0 Å². The molecule has 1 aromatic heterocycles. The summed E-state index contributed by atoms with van der Waals surface area (Å²) in [5, 5.41) is 7.45. The molecule has 20 heavy (non-hydrogen) atoms. The number of nitrogens with zero attached hydrogens (tertiary/aromatic N) is 3. The molecular formula is C13H17N3O3S. The molecule has 2 aromatic rings. The van der Waals surface area contributed by atoms with Gasteiger partial charge in [-0.25, -0.2) is 13.0 Å². The summed E-state index contributed by atoms with van der Waals surface area (Å²) in [7, 11) is -3.55. The summed E-state index contributed by atoms with van der Waals surface area (Å²) in [6.07, 6.45) is 3.73. The van der Waals surface area contributed by atoms with Crippen LogP contribution in [0.25, 0.3) is 11.0 Å². The van der Waals surface area contributed by atoms with Gasteiger partial charge in [-0.2, -0.15) is 4.31 Å². The molecule has 0 radical (unpaired) electrons. The molecule has 3 rings (SSSR count). The molecule has 1 aliphatic rings. The van der Waals surface area contributed by atoms with E-state index in [-0.39, 0.29) is 10.9 Å². The number of benzene rings is 1. The number of piperidine rings is 1. The average Bonchev–Trinajstić information content (AvgIpc) is 2.95. The standard InChI is InChI=1S/C13H17N3O3S/c1-2-10-6-3-4-9-16(10)20(17,18)12-8-5-7-11-13(12)15-19-14-11/h5,7-8,10H,2-4,6,9H2,1H3/t10-/m0/s1. The topological polar surface area (TPSA) is 76.3 Å². The first-order valence-corrected chi connectivity index (χ1v) is 8.31. The number of fused-ring (bicyclic) bond motifs is 1. The summed E-state index contributed by atoms with van der Waals surface area (Å²) < 4.78 is 32.0. The first kappa shape index (κ1) is 13.5. The van der Waals surface area contributed by atoms with Gasteiger partial charge in [0, 0.05) is 12.6 Å². The van der Waals surface area contributed by atoms with Crippen LogP contribution in [0.1, 0.15) is 32.6 Å². The SMILES string of the molecule is CC[C@H]1CCCCN1S(=O)(=O)c1cccc2nonc12. The van der Waals surface area contributed by atoms with Crippen molar-refractivity contribution in [3.8, 4) is 0 Å². The third-order valence-electron chi connectivity index (χ3n) is 3.88. The Bertz CT molecular complexity index is 710. The van der Waals surface area contributed by atoms with E-state index in [9.17, 15) is 8.42 Å². The maximum atomic E-state index is 12.9. The van der Waals surface area contributed by atoms with E-state index in [0.717, 1.165) is 25.7 Å². The molecule has 0 aliphatic carbocycles. The van der Waals surface area contributed by atoms with Crippen molar-refractivity contribution in [2.24, 2.45) is 0 Å². The molecule has 0 N–H and O–H groups in total. The van der Waals surface area contributed by atoms with Gasteiger partial charge in [0.1, 0.15) is 10.4 Å². The van der Waals surface area contributed by atoms with Crippen LogP contribution < -0.4 is 0 Å². The molecule has 6 nitrogen and oxygen atoms in total. The van der Waals surface area contributed by atoms with Gasteiger partial charge in [-0.1, -0.05) is 19.4 Å². The van der Waals surface area contributed by atoms with Gasteiger partial charge in [-0.3, -0.25) is 0 Å². The van der Waals surface area contributed by atoms with Crippen LogP contribution in [0.5, 0.6) is 0 Å². The van der Waals surface area contributed by atoms with Crippen molar-refractivity contribution in [3.05, 3.63) is 18.2 Å². The lowest BCUT2D eigenvalue weighted by Crippen LogP contribution is -2.43. The van der Waals surface area contributed by atoms with E-state index in [0.29, 0.717) is 17.6 Å². The van der Waals surface area contributed by atoms with Gasteiger partial charge in [0.15, 0.2) is 5.52 Å². The minimum atomic E-state index is -3.55. The number of sulfonamides is 1. The van der Waals surface area contributed by atoms with Crippen LogP contribution in [0, 0.1) is 0 Å². The minimum absolute atomic E-state index is 0.0730. The van der Waals surface area contributed by atoms with Gasteiger partial charge in [0.05, 0.1) is 0 Å². The van der Waals surface area contributed by atoms with Crippen molar-refractivity contribution in [3.63, 3.8) is 0 Å². The first-order valence-electron chi connectivity index (χ1n) is 6.87. The molecular weight excluding hydrogens is 278 g/mol. The molecule has 0 amide bonds. The average molecular weight is 295 g/mol. The summed E-state index contributed by atoms with van der Waals surface area (Å²) in [5.74, 6) is 0. The van der Waals surface area contributed by atoms with Gasteiger partial charge in [-0.05, 0) is 41.7 Å². The molecule has 0 unspecified atom stereocenters. The molecule has 7 heteroatoms.